The molecule has 0 saturated carbocycles. The molecule has 0 aliphatic heterocycles. The van der Waals surface area contributed by atoms with Gasteiger partial charge in [0.15, 0.2) is 0 Å². The fourth-order valence-electron chi connectivity index (χ4n) is 3.19. The van der Waals surface area contributed by atoms with Gasteiger partial charge in [-0.1, -0.05) is 36.4 Å². The zero-order valence-corrected chi connectivity index (χ0v) is 19.0. The van der Waals surface area contributed by atoms with Gasteiger partial charge in [-0.2, -0.15) is 4.72 Å². The first-order valence-electron chi connectivity index (χ1n) is 9.98. The number of sulfonamides is 1. The number of aryl methyl sites for hydroxylation is 1. The molecule has 8 heteroatoms. The van der Waals surface area contributed by atoms with E-state index in [1.807, 2.05) is 30.3 Å². The molecule has 7 nitrogen and oxygen atoms in total. The van der Waals surface area contributed by atoms with E-state index in [-0.39, 0.29) is 17.1 Å². The molecule has 3 aromatic rings. The third-order valence-corrected chi connectivity index (χ3v) is 6.36. The van der Waals surface area contributed by atoms with Crippen LogP contribution in [0.15, 0.2) is 77.7 Å². The molecule has 0 saturated heterocycles. The van der Waals surface area contributed by atoms with E-state index in [1.165, 1.54) is 13.2 Å². The molecule has 0 spiro atoms. The Labute approximate surface area is 188 Å². The van der Waals surface area contributed by atoms with Crippen LogP contribution in [0.25, 0.3) is 0 Å². The van der Waals surface area contributed by atoms with Crippen molar-refractivity contribution in [1.82, 2.24) is 4.72 Å². The Bertz CT molecular complexity index is 1160. The van der Waals surface area contributed by atoms with E-state index in [4.69, 9.17) is 9.47 Å². The highest BCUT2D eigenvalue weighted by molar-refractivity contribution is 7.89. The lowest BCUT2D eigenvalue weighted by Crippen LogP contribution is -2.45. The van der Waals surface area contributed by atoms with Crippen LogP contribution >= 0.6 is 0 Å². The highest BCUT2D eigenvalue weighted by Gasteiger charge is 2.28. The third kappa shape index (κ3) is 5.87. The minimum Gasteiger partial charge on any atom is -0.497 e. The number of anilines is 1. The minimum atomic E-state index is -4.05. The van der Waals surface area contributed by atoms with Crippen LogP contribution in [0.4, 0.5) is 5.69 Å². The molecule has 1 atom stereocenters. The Hall–Kier alpha value is -3.36. The molecule has 1 amide bonds. The van der Waals surface area contributed by atoms with Crippen LogP contribution < -0.4 is 19.5 Å². The van der Waals surface area contributed by atoms with Gasteiger partial charge in [-0.25, -0.2) is 8.42 Å². The molecule has 0 aliphatic rings. The normalized spacial score (nSPS) is 12.1. The highest BCUT2D eigenvalue weighted by atomic mass is 32.2. The fourth-order valence-corrected chi connectivity index (χ4v) is 4.64. The van der Waals surface area contributed by atoms with Crippen molar-refractivity contribution < 1.29 is 22.7 Å². The molecule has 3 aromatic carbocycles. The Kier molecular flexibility index (Phi) is 7.50. The van der Waals surface area contributed by atoms with E-state index >= 15 is 0 Å². The lowest BCUT2D eigenvalue weighted by Gasteiger charge is -2.20. The van der Waals surface area contributed by atoms with Crippen molar-refractivity contribution in [2.24, 2.45) is 0 Å². The van der Waals surface area contributed by atoms with E-state index < -0.39 is 22.0 Å². The first-order chi connectivity index (χ1) is 15.3. The van der Waals surface area contributed by atoms with Crippen LogP contribution in [0.2, 0.25) is 0 Å². The molecule has 168 valence electrons. The maximum Gasteiger partial charge on any atom is 0.245 e. The highest BCUT2D eigenvalue weighted by Crippen LogP contribution is 2.25. The van der Waals surface area contributed by atoms with Crippen LogP contribution in [-0.4, -0.2) is 34.6 Å². The summed E-state index contributed by atoms with van der Waals surface area (Å²) in [4.78, 5) is 13.1. The predicted octanol–water partition coefficient (Wildman–Crippen LogP) is 3.54. The van der Waals surface area contributed by atoms with E-state index in [2.05, 4.69) is 10.0 Å². The van der Waals surface area contributed by atoms with Crippen LogP contribution in [-0.2, 0) is 21.2 Å². The molecule has 0 aromatic heterocycles. The van der Waals surface area contributed by atoms with Gasteiger partial charge in [-0.15, -0.1) is 0 Å². The van der Waals surface area contributed by atoms with E-state index in [0.29, 0.717) is 11.4 Å². The van der Waals surface area contributed by atoms with E-state index in [9.17, 15) is 13.2 Å². The third-order valence-electron chi connectivity index (χ3n) is 4.86. The molecule has 0 fully saturated rings. The second-order valence-electron chi connectivity index (χ2n) is 7.24. The maximum atomic E-state index is 13.2. The Morgan fingerprint density at radius 1 is 0.938 bits per heavy atom. The average Bonchev–Trinajstić information content (AvgIpc) is 2.79. The summed E-state index contributed by atoms with van der Waals surface area (Å²) >= 11 is 0. The number of amides is 1. The van der Waals surface area contributed by atoms with Crippen LogP contribution in [0.1, 0.15) is 11.1 Å². The largest absolute Gasteiger partial charge is 0.497 e. The Morgan fingerprint density at radius 3 is 2.25 bits per heavy atom. The quantitative estimate of drug-likeness (QED) is 0.516. The van der Waals surface area contributed by atoms with Gasteiger partial charge in [0.2, 0.25) is 15.9 Å². The number of nitrogens with one attached hydrogen (secondary N) is 2. The van der Waals surface area contributed by atoms with E-state index in [1.54, 1.807) is 50.4 Å². The molecule has 0 aliphatic carbocycles. The smallest absolute Gasteiger partial charge is 0.245 e. The Morgan fingerprint density at radius 2 is 1.62 bits per heavy atom. The van der Waals surface area contributed by atoms with Crippen molar-refractivity contribution in [3.63, 3.8) is 0 Å². The van der Waals surface area contributed by atoms with Crippen molar-refractivity contribution in [3.8, 4) is 11.5 Å². The number of benzene rings is 3. The number of methoxy groups -OCH3 is 2. The number of rotatable bonds is 9. The van der Waals surface area contributed by atoms with Crippen molar-refractivity contribution in [2.75, 3.05) is 19.5 Å². The first-order valence-corrected chi connectivity index (χ1v) is 11.5. The molecular formula is C24H26N2O5S. The predicted molar refractivity (Wildman–Crippen MR) is 124 cm³/mol. The summed E-state index contributed by atoms with van der Waals surface area (Å²) in [6.07, 6.45) is 0.177. The molecule has 0 heterocycles. The van der Waals surface area contributed by atoms with E-state index in [0.717, 1.165) is 11.1 Å². The fraction of sp³-hybridized carbons (Fsp3) is 0.208. The van der Waals surface area contributed by atoms with Crippen LogP contribution in [0.3, 0.4) is 0 Å². The summed E-state index contributed by atoms with van der Waals surface area (Å²) < 4.78 is 39.4. The van der Waals surface area contributed by atoms with Gasteiger partial charge in [-0.3, -0.25) is 4.79 Å². The molecule has 0 radical (unpaired) electrons. The molecule has 0 bridgehead atoms. The van der Waals surface area contributed by atoms with Gasteiger partial charge in [0.25, 0.3) is 0 Å². The van der Waals surface area contributed by atoms with Gasteiger partial charge in [0.05, 0.1) is 14.2 Å². The summed E-state index contributed by atoms with van der Waals surface area (Å²) in [7, 11) is -1.09. The molecule has 3 rings (SSSR count). The zero-order chi connectivity index (χ0) is 23.1. The number of carbonyl (C=O) groups is 1. The second-order valence-corrected chi connectivity index (χ2v) is 8.92. The van der Waals surface area contributed by atoms with Crippen molar-refractivity contribution in [2.45, 2.75) is 24.3 Å². The van der Waals surface area contributed by atoms with Crippen molar-refractivity contribution in [3.05, 3.63) is 83.9 Å². The second kappa shape index (κ2) is 10.3. The van der Waals surface area contributed by atoms with Gasteiger partial charge >= 0.3 is 0 Å². The summed E-state index contributed by atoms with van der Waals surface area (Å²) in [5.74, 6) is 0.377. The zero-order valence-electron chi connectivity index (χ0n) is 18.2. The first kappa shape index (κ1) is 23.3. The van der Waals surface area contributed by atoms with Gasteiger partial charge in [-0.05, 0) is 60.9 Å². The number of ether oxygens (including phenoxy) is 2. The van der Waals surface area contributed by atoms with Gasteiger partial charge in [0.1, 0.15) is 22.4 Å². The number of hydrogen-bond donors (Lipinski definition) is 2. The van der Waals surface area contributed by atoms with Crippen LogP contribution in [0, 0.1) is 6.92 Å². The lowest BCUT2D eigenvalue weighted by atomic mass is 10.1. The molecule has 2 N–H and O–H groups in total. The maximum absolute atomic E-state index is 13.2. The van der Waals surface area contributed by atoms with Crippen LogP contribution in [0.5, 0.6) is 11.5 Å². The monoisotopic (exact) mass is 454 g/mol. The standard InChI is InChI=1S/C24H26N2O5S/c1-17-9-14-22(31-3)23(15-17)32(28,29)26-21(16-18-7-5-4-6-8-18)24(27)25-19-10-12-20(30-2)13-11-19/h4-15,21,26H,16H2,1-3H3,(H,25,27). The van der Waals surface area contributed by atoms with Crippen molar-refractivity contribution >= 4 is 21.6 Å². The average molecular weight is 455 g/mol. The van der Waals surface area contributed by atoms with Gasteiger partial charge < -0.3 is 14.8 Å². The molecule has 32 heavy (non-hydrogen) atoms. The minimum absolute atomic E-state index is 0.0182. The summed E-state index contributed by atoms with van der Waals surface area (Å²) in [5, 5.41) is 2.77. The summed E-state index contributed by atoms with van der Waals surface area (Å²) in [5.41, 5.74) is 2.11. The Balaban J connectivity index is 1.89. The number of hydrogen-bond acceptors (Lipinski definition) is 5. The van der Waals surface area contributed by atoms with Gasteiger partial charge in [0, 0.05) is 5.69 Å². The summed E-state index contributed by atoms with van der Waals surface area (Å²) in [6.45, 7) is 1.79. The number of carbonyl (C=O) groups excluding carboxylic acids is 1. The molecular weight excluding hydrogens is 428 g/mol. The molecule has 1 unspecified atom stereocenters. The van der Waals surface area contributed by atoms with Crippen molar-refractivity contribution in [1.29, 1.82) is 0 Å². The SMILES string of the molecule is COc1ccc(NC(=O)C(Cc2ccccc2)NS(=O)(=O)c2cc(C)ccc2OC)cc1. The topological polar surface area (TPSA) is 93.7 Å². The summed E-state index contributed by atoms with van der Waals surface area (Å²) in [6, 6.07) is 19.8. The lowest BCUT2D eigenvalue weighted by molar-refractivity contribution is -0.117.